The fraction of sp³-hybridized carbons (Fsp3) is 0.692. The Labute approximate surface area is 183 Å². The van der Waals surface area contributed by atoms with Gasteiger partial charge in [-0.25, -0.2) is 9.59 Å². The third-order valence-electron chi connectivity index (χ3n) is 5.57. The maximum atomic E-state index is 12.5. The number of hydrogen-bond donors (Lipinski definition) is 1. The van der Waals surface area contributed by atoms with Gasteiger partial charge in [0.1, 0.15) is 6.10 Å². The van der Waals surface area contributed by atoms with E-state index in [1.54, 1.807) is 12.1 Å². The van der Waals surface area contributed by atoms with Gasteiger partial charge in [-0.2, -0.15) is 0 Å². The first-order valence-electron chi connectivity index (χ1n) is 12.0. The molecule has 0 radical (unpaired) electrons. The van der Waals surface area contributed by atoms with Crippen LogP contribution in [0.5, 0.6) is 0 Å². The molecule has 1 atom stereocenters. The van der Waals surface area contributed by atoms with Crippen molar-refractivity contribution in [2.24, 2.45) is 5.92 Å². The topological polar surface area (TPSA) is 63.6 Å². The quantitative estimate of drug-likeness (QED) is 0.208. The molecule has 0 heterocycles. The molecule has 1 aromatic carbocycles. The van der Waals surface area contributed by atoms with Gasteiger partial charge >= 0.3 is 11.9 Å². The van der Waals surface area contributed by atoms with E-state index in [-0.39, 0.29) is 17.2 Å². The monoisotopic (exact) mass is 418 g/mol. The molecule has 1 rings (SSSR count). The van der Waals surface area contributed by atoms with Crippen molar-refractivity contribution in [2.75, 3.05) is 0 Å². The molecular weight excluding hydrogens is 376 g/mol. The molecule has 0 fully saturated rings. The van der Waals surface area contributed by atoms with Crippen LogP contribution in [0, 0.1) is 5.92 Å². The van der Waals surface area contributed by atoms with Gasteiger partial charge in [-0.15, -0.1) is 0 Å². The maximum Gasteiger partial charge on any atom is 0.339 e. The van der Waals surface area contributed by atoms with E-state index in [0.29, 0.717) is 0 Å². The third kappa shape index (κ3) is 11.4. The van der Waals surface area contributed by atoms with Gasteiger partial charge in [-0.3, -0.25) is 0 Å². The number of carboxylic acid groups (broad SMARTS) is 1. The zero-order valence-corrected chi connectivity index (χ0v) is 19.3. The minimum absolute atomic E-state index is 0.00181. The van der Waals surface area contributed by atoms with Crippen LogP contribution in [0.25, 0.3) is 0 Å². The molecule has 1 aromatic rings. The van der Waals surface area contributed by atoms with Gasteiger partial charge in [0.2, 0.25) is 0 Å². The Morgan fingerprint density at radius 2 is 1.30 bits per heavy atom. The van der Waals surface area contributed by atoms with E-state index in [0.717, 1.165) is 38.0 Å². The van der Waals surface area contributed by atoms with Crippen LogP contribution < -0.4 is 0 Å². The summed E-state index contributed by atoms with van der Waals surface area (Å²) < 4.78 is 5.66. The number of carbonyl (C=O) groups is 2. The normalized spacial score (nSPS) is 12.1. The number of hydrogen-bond acceptors (Lipinski definition) is 3. The number of esters is 1. The molecule has 0 aliphatic heterocycles. The van der Waals surface area contributed by atoms with E-state index in [2.05, 4.69) is 20.8 Å². The molecule has 1 N–H and O–H groups in total. The van der Waals surface area contributed by atoms with Crippen LogP contribution in [0.1, 0.15) is 125 Å². The number of rotatable bonds is 17. The molecule has 0 amide bonds. The van der Waals surface area contributed by atoms with Crippen molar-refractivity contribution in [1.29, 1.82) is 0 Å². The van der Waals surface area contributed by atoms with Crippen LogP contribution in [0.3, 0.4) is 0 Å². The summed E-state index contributed by atoms with van der Waals surface area (Å²) in [6.45, 7) is 6.66. The second-order valence-corrected chi connectivity index (χ2v) is 8.82. The predicted octanol–water partition coefficient (Wildman–Crippen LogP) is 7.66. The fourth-order valence-electron chi connectivity index (χ4n) is 3.81. The molecule has 0 aromatic heterocycles. The lowest BCUT2D eigenvalue weighted by Gasteiger charge is -2.18. The number of ether oxygens (including phenoxy) is 1. The summed E-state index contributed by atoms with van der Waals surface area (Å²) in [5.41, 5.74) is 0.140. The van der Waals surface area contributed by atoms with Gasteiger partial charge in [-0.1, -0.05) is 97.1 Å². The first kappa shape index (κ1) is 26.2. The van der Waals surface area contributed by atoms with E-state index in [4.69, 9.17) is 4.74 Å². The van der Waals surface area contributed by atoms with Crippen LogP contribution in [0.4, 0.5) is 0 Å². The Morgan fingerprint density at radius 1 is 0.800 bits per heavy atom. The first-order valence-corrected chi connectivity index (χ1v) is 12.0. The summed E-state index contributed by atoms with van der Waals surface area (Å²) in [5.74, 6) is -0.800. The highest BCUT2D eigenvalue weighted by atomic mass is 16.5. The number of unbranched alkanes of at least 4 members (excludes halogenated alkanes) is 8. The van der Waals surface area contributed by atoms with Crippen molar-refractivity contribution in [3.63, 3.8) is 0 Å². The molecule has 1 unspecified atom stereocenters. The molecule has 0 aliphatic carbocycles. The molecule has 4 nitrogen and oxygen atoms in total. The van der Waals surface area contributed by atoms with E-state index >= 15 is 0 Å². The minimum Gasteiger partial charge on any atom is -0.478 e. The highest BCUT2D eigenvalue weighted by molar-refractivity contribution is 6.02. The number of carbonyl (C=O) groups excluding carboxylic acids is 1. The van der Waals surface area contributed by atoms with Crippen molar-refractivity contribution >= 4 is 11.9 Å². The number of aromatic carboxylic acids is 1. The van der Waals surface area contributed by atoms with E-state index in [1.807, 2.05) is 0 Å². The van der Waals surface area contributed by atoms with Gasteiger partial charge in [-0.05, 0) is 37.3 Å². The highest BCUT2D eigenvalue weighted by Crippen LogP contribution is 2.18. The molecule has 4 heteroatoms. The van der Waals surface area contributed by atoms with Crippen molar-refractivity contribution in [3.8, 4) is 0 Å². The lowest BCUT2D eigenvalue weighted by Crippen LogP contribution is -2.20. The highest BCUT2D eigenvalue weighted by Gasteiger charge is 2.20. The lowest BCUT2D eigenvalue weighted by atomic mass is 10.0. The van der Waals surface area contributed by atoms with Crippen LogP contribution in [0.15, 0.2) is 24.3 Å². The maximum absolute atomic E-state index is 12.5. The second kappa shape index (κ2) is 15.9. The van der Waals surface area contributed by atoms with Crippen LogP contribution >= 0.6 is 0 Å². The van der Waals surface area contributed by atoms with E-state index < -0.39 is 11.9 Å². The van der Waals surface area contributed by atoms with Crippen LogP contribution in [-0.2, 0) is 4.74 Å². The summed E-state index contributed by atoms with van der Waals surface area (Å²) in [7, 11) is 0. The zero-order valence-electron chi connectivity index (χ0n) is 19.3. The molecule has 0 aliphatic rings. The molecule has 0 bridgehead atoms. The largest absolute Gasteiger partial charge is 0.478 e. The standard InChI is InChI=1S/C26H42O4/c1-4-16-22(30-26(29)24-20-15-14-19-23(24)25(27)28)18-13-11-9-7-5-6-8-10-12-17-21(2)3/h14-15,19-22H,4-13,16-18H2,1-3H3,(H,27,28). The van der Waals surface area contributed by atoms with Crippen molar-refractivity contribution in [2.45, 2.75) is 110 Å². The minimum atomic E-state index is -1.10. The van der Waals surface area contributed by atoms with Gasteiger partial charge in [0.15, 0.2) is 0 Å². The Kier molecular flexibility index (Phi) is 13.9. The molecule has 0 saturated heterocycles. The average Bonchev–Trinajstić information content (AvgIpc) is 2.71. The summed E-state index contributed by atoms with van der Waals surface area (Å²) in [6.07, 6.45) is 15.3. The molecule has 0 saturated carbocycles. The average molecular weight is 419 g/mol. The Hall–Kier alpha value is -1.84. The van der Waals surface area contributed by atoms with Gasteiger partial charge in [0, 0.05) is 0 Å². The van der Waals surface area contributed by atoms with Crippen molar-refractivity contribution in [3.05, 3.63) is 35.4 Å². The molecule has 0 spiro atoms. The number of carboxylic acids is 1. The van der Waals surface area contributed by atoms with E-state index in [1.165, 1.54) is 63.5 Å². The second-order valence-electron chi connectivity index (χ2n) is 8.82. The van der Waals surface area contributed by atoms with Gasteiger partial charge in [0.25, 0.3) is 0 Å². The molecule has 170 valence electrons. The van der Waals surface area contributed by atoms with Crippen LogP contribution in [-0.4, -0.2) is 23.1 Å². The summed E-state index contributed by atoms with van der Waals surface area (Å²) in [5, 5.41) is 9.27. The Bertz CT molecular complexity index is 609. The molecule has 30 heavy (non-hydrogen) atoms. The van der Waals surface area contributed by atoms with Crippen LogP contribution in [0.2, 0.25) is 0 Å². The Balaban J connectivity index is 2.24. The van der Waals surface area contributed by atoms with Gasteiger partial charge in [0.05, 0.1) is 11.1 Å². The molecular formula is C26H42O4. The SMILES string of the molecule is CCCC(CCCCCCCCCCCC(C)C)OC(=O)c1ccccc1C(=O)O. The van der Waals surface area contributed by atoms with Gasteiger partial charge < -0.3 is 9.84 Å². The first-order chi connectivity index (χ1) is 14.5. The summed E-state index contributed by atoms with van der Waals surface area (Å²) in [4.78, 5) is 23.8. The van der Waals surface area contributed by atoms with Crippen molar-refractivity contribution < 1.29 is 19.4 Å². The van der Waals surface area contributed by atoms with Crippen molar-refractivity contribution in [1.82, 2.24) is 0 Å². The smallest absolute Gasteiger partial charge is 0.339 e. The zero-order chi connectivity index (χ0) is 22.2. The number of benzene rings is 1. The van der Waals surface area contributed by atoms with E-state index in [9.17, 15) is 14.7 Å². The fourth-order valence-corrected chi connectivity index (χ4v) is 3.81. The third-order valence-corrected chi connectivity index (χ3v) is 5.57. The predicted molar refractivity (Wildman–Crippen MR) is 123 cm³/mol. The summed E-state index contributed by atoms with van der Waals surface area (Å²) >= 11 is 0. The lowest BCUT2D eigenvalue weighted by molar-refractivity contribution is 0.0248. The summed E-state index contributed by atoms with van der Waals surface area (Å²) in [6, 6.07) is 6.26. The Morgan fingerprint density at radius 3 is 1.80 bits per heavy atom.